The van der Waals surface area contributed by atoms with E-state index in [9.17, 15) is 73.2 Å². The van der Waals surface area contributed by atoms with E-state index >= 15 is 0 Å². The van der Waals surface area contributed by atoms with Crippen LogP contribution in [0.2, 0.25) is 0 Å². The number of nitrogens with zero attached hydrogens (tertiary/aromatic N) is 11. The number of carbonyl (C=O) groups excluding carboxylic acids is 11. The van der Waals surface area contributed by atoms with E-state index in [-0.39, 0.29) is 36.5 Å². The molecule has 0 bridgehead atoms. The van der Waals surface area contributed by atoms with E-state index in [1.54, 1.807) is 0 Å². The average molecular weight is 1320 g/mol. The number of primary amides is 2. The van der Waals surface area contributed by atoms with Crippen molar-refractivity contribution < 1.29 is 145 Å². The fourth-order valence-corrected chi connectivity index (χ4v) is 8.04. The highest BCUT2D eigenvalue weighted by Crippen LogP contribution is 2.35. The van der Waals surface area contributed by atoms with Crippen molar-refractivity contribution in [3.05, 3.63) is 48.6 Å². The van der Waals surface area contributed by atoms with Gasteiger partial charge >= 0.3 is 53.7 Å². The maximum atomic E-state index is 11.5. The van der Waals surface area contributed by atoms with Crippen LogP contribution in [-0.2, 0) is 95.1 Å². The van der Waals surface area contributed by atoms with Crippen LogP contribution in [0.5, 0.6) is 0 Å². The summed E-state index contributed by atoms with van der Waals surface area (Å²) in [6.07, 6.45) is -12.7. The number of aromatic nitrogens is 12. The minimum atomic E-state index is -1.27. The Bertz CT molecular complexity index is 3080. The largest absolute Gasteiger partial charge is 0.463 e. The van der Waals surface area contributed by atoms with Crippen molar-refractivity contribution in [3.8, 4) is 0 Å². The molecule has 508 valence electrons. The van der Waals surface area contributed by atoms with E-state index in [4.69, 9.17) is 73.8 Å². The number of methoxy groups -OCH3 is 2. The lowest BCUT2D eigenvalue weighted by Gasteiger charge is -2.23. The van der Waals surface area contributed by atoms with Crippen molar-refractivity contribution in [3.63, 3.8) is 0 Å². The van der Waals surface area contributed by atoms with Gasteiger partial charge in [-0.15, -0.1) is 15.3 Å². The second-order valence-corrected chi connectivity index (χ2v) is 18.8. The Balaban J connectivity index is 0.000000253. The van der Waals surface area contributed by atoms with Crippen LogP contribution in [0.1, 0.15) is 110 Å². The Labute approximate surface area is 516 Å². The zero-order chi connectivity index (χ0) is 68.8. The number of hydrogen-bond acceptors (Lipinski definition) is 38. The Hall–Kier alpha value is -9.67. The van der Waals surface area contributed by atoms with Crippen LogP contribution in [0.3, 0.4) is 0 Å². The Kier molecular flexibility index (Phi) is 28.5. The van der Waals surface area contributed by atoms with Gasteiger partial charge in [-0.25, -0.2) is 43.6 Å². The van der Waals surface area contributed by atoms with Crippen molar-refractivity contribution in [1.82, 2.24) is 59.5 Å². The third kappa shape index (κ3) is 21.2. The monoisotopic (exact) mass is 1320 g/mol. The first-order chi connectivity index (χ1) is 43.3. The molecule has 2 amide bonds. The molecule has 4 aromatic rings. The van der Waals surface area contributed by atoms with E-state index in [0.717, 1.165) is 47.5 Å². The van der Waals surface area contributed by atoms with Gasteiger partial charge in [0.1, 0.15) is 87.4 Å². The average Bonchev–Trinajstić information content (AvgIpc) is 1.69. The van der Waals surface area contributed by atoms with Crippen molar-refractivity contribution in [2.24, 2.45) is 11.5 Å². The summed E-state index contributed by atoms with van der Waals surface area (Å²) in [5, 5.41) is 73.3. The standard InChI is InChI=1S/C15H19N3O9.C13H18O9.2C8H12N4O5.C4H5N3O2/c1-7(19)24-5-10-11(25-8(2)20)12(26-9(3)21)14(27-10)18-6-16-13(17-18)15(22)23-4;1-6(14)18-5-10-11(19-7(2)15)12(20-8(3)16)13(22-10)21-9(4)17;2*9-6(16)7-10-2-12(11-7)8-5(15)4(14)3(1-13)17-8;1-9-4(8)3-5-2-6-7-3/h6,10-12,14H,5H2,1-4H3;10-13H,5H2,1-4H3;2*2-5,8,13-15H,1H2,(H2,9,16);2H,1H3,(H,5,6,7)/t10-,11-,12-,14-;10-,11-,12-,13-;2*3-,4-,5-,8-;/m0000./s1. The molecule has 16 atom stereocenters. The second kappa shape index (κ2) is 35.1. The van der Waals surface area contributed by atoms with Crippen molar-refractivity contribution >= 4 is 65.5 Å². The Morgan fingerprint density at radius 3 is 1.20 bits per heavy atom. The molecular formula is C48H66N14O30. The summed E-state index contributed by atoms with van der Waals surface area (Å²) in [6, 6.07) is 0. The minimum Gasteiger partial charge on any atom is -0.463 e. The fraction of sp³-hybridized carbons (Fsp3) is 0.604. The van der Waals surface area contributed by atoms with E-state index < -0.39 is 177 Å². The molecule has 4 aliphatic rings. The number of nitrogens with two attached hydrogens (primary N) is 2. The van der Waals surface area contributed by atoms with Crippen LogP contribution < -0.4 is 11.5 Å². The number of amides is 2. The van der Waals surface area contributed by atoms with Gasteiger partial charge in [-0.2, -0.15) is 5.10 Å². The number of nitrogens with one attached hydrogen (secondary N) is 1. The van der Waals surface area contributed by atoms with Crippen LogP contribution in [0.15, 0.2) is 25.3 Å². The lowest BCUT2D eigenvalue weighted by atomic mass is 10.1. The van der Waals surface area contributed by atoms with Crippen molar-refractivity contribution in [2.45, 2.75) is 147 Å². The third-order valence-electron chi connectivity index (χ3n) is 11.9. The molecule has 0 saturated carbocycles. The molecule has 0 radical (unpaired) electrons. The van der Waals surface area contributed by atoms with Gasteiger partial charge in [0.2, 0.25) is 29.9 Å². The summed E-state index contributed by atoms with van der Waals surface area (Å²) in [4.78, 5) is 137. The third-order valence-corrected chi connectivity index (χ3v) is 11.9. The van der Waals surface area contributed by atoms with E-state index in [1.807, 2.05) is 0 Å². The first kappa shape index (κ1) is 74.8. The van der Waals surface area contributed by atoms with Gasteiger partial charge in [0.25, 0.3) is 17.6 Å². The van der Waals surface area contributed by atoms with Crippen LogP contribution >= 0.6 is 0 Å². The van der Waals surface area contributed by atoms with Crippen LogP contribution in [0.4, 0.5) is 0 Å². The molecule has 4 aliphatic heterocycles. The molecule has 0 unspecified atom stereocenters. The number of carbonyl (C=O) groups is 11. The number of aliphatic hydroxyl groups excluding tert-OH is 6. The number of H-pyrrole nitrogens is 1. The first-order valence-corrected chi connectivity index (χ1v) is 26.4. The summed E-state index contributed by atoms with van der Waals surface area (Å²) in [5.74, 6) is -7.89. The molecule has 4 saturated heterocycles. The summed E-state index contributed by atoms with van der Waals surface area (Å²) >= 11 is 0. The molecule has 8 heterocycles. The van der Waals surface area contributed by atoms with Gasteiger partial charge in [-0.05, 0) is 0 Å². The summed E-state index contributed by atoms with van der Waals surface area (Å²) < 4.78 is 68.7. The van der Waals surface area contributed by atoms with Gasteiger partial charge in [0.15, 0.2) is 37.0 Å². The van der Waals surface area contributed by atoms with Gasteiger partial charge in [-0.1, -0.05) is 0 Å². The summed E-state index contributed by atoms with van der Waals surface area (Å²) in [6.45, 7) is 6.82. The van der Waals surface area contributed by atoms with Gasteiger partial charge in [0.05, 0.1) is 27.4 Å². The summed E-state index contributed by atoms with van der Waals surface area (Å²) in [5.41, 5.74) is 9.94. The Morgan fingerprint density at radius 1 is 0.467 bits per heavy atom. The van der Waals surface area contributed by atoms with Gasteiger partial charge < -0.3 is 104 Å². The number of aromatic amines is 1. The van der Waals surface area contributed by atoms with E-state index in [0.29, 0.717) is 0 Å². The molecule has 4 aromatic heterocycles. The number of ether oxygens (including phenoxy) is 13. The normalized spacial score (nSPS) is 26.6. The number of esters is 9. The van der Waals surface area contributed by atoms with Gasteiger partial charge in [-0.3, -0.25) is 48.2 Å². The lowest BCUT2D eigenvalue weighted by molar-refractivity contribution is -0.197. The molecule has 8 rings (SSSR count). The summed E-state index contributed by atoms with van der Waals surface area (Å²) in [7, 11) is 2.45. The molecule has 44 nitrogen and oxygen atoms in total. The highest BCUT2D eigenvalue weighted by molar-refractivity contribution is 5.89. The maximum Gasteiger partial charge on any atom is 0.377 e. The second-order valence-electron chi connectivity index (χ2n) is 18.8. The fourth-order valence-electron chi connectivity index (χ4n) is 8.04. The number of hydrogen-bond donors (Lipinski definition) is 9. The molecule has 0 spiro atoms. The molecular weight excluding hydrogens is 1250 g/mol. The van der Waals surface area contributed by atoms with E-state index in [1.165, 1.54) is 54.6 Å². The van der Waals surface area contributed by atoms with E-state index in [2.05, 4.69) is 54.9 Å². The molecule has 4 fully saturated rings. The number of aliphatic hydroxyl groups is 6. The minimum absolute atomic E-state index is 0.123. The predicted molar refractivity (Wildman–Crippen MR) is 282 cm³/mol. The quantitative estimate of drug-likeness (QED) is 0.0330. The lowest BCUT2D eigenvalue weighted by Crippen LogP contribution is -2.42. The molecule has 11 N–H and O–H groups in total. The molecule has 44 heteroatoms. The van der Waals surface area contributed by atoms with Crippen LogP contribution in [0.25, 0.3) is 0 Å². The SMILES string of the molecule is CC(=O)OC[C@@H]1O[C@H](OC(C)=O)[C@@H](OC(C)=O)[C@H]1OC(C)=O.COC(=O)c1ncn([C@H]2O[C@@H](COC(C)=O)[C@H](OC(C)=O)[C@@H]2OC(C)=O)n1.COC(=O)c1ncn[nH]1.NC(=O)c1ncn([C@H]2O[C@@H](CO)[C@H](O)[C@@H]2O)n1.NC(=O)c1ncn([C@H]2O[C@@H](CO)[C@H](O)[C@@H]2O)n1. The highest BCUT2D eigenvalue weighted by Gasteiger charge is 2.53. The Morgan fingerprint density at radius 2 is 0.837 bits per heavy atom. The number of rotatable bonds is 18. The molecule has 0 aromatic carbocycles. The highest BCUT2D eigenvalue weighted by atomic mass is 16.8. The van der Waals surface area contributed by atoms with Crippen LogP contribution in [0, 0.1) is 0 Å². The molecule has 0 aliphatic carbocycles. The van der Waals surface area contributed by atoms with Crippen molar-refractivity contribution in [1.29, 1.82) is 0 Å². The maximum absolute atomic E-state index is 11.5. The zero-order valence-electron chi connectivity index (χ0n) is 49.9. The topological polar surface area (TPSA) is 615 Å². The van der Waals surface area contributed by atoms with Gasteiger partial charge in [0, 0.05) is 48.5 Å². The smallest absolute Gasteiger partial charge is 0.377 e. The van der Waals surface area contributed by atoms with Crippen molar-refractivity contribution in [2.75, 3.05) is 40.6 Å². The zero-order valence-corrected chi connectivity index (χ0v) is 49.9. The molecule has 92 heavy (non-hydrogen) atoms. The predicted octanol–water partition coefficient (Wildman–Crippen LogP) is -7.34. The van der Waals surface area contributed by atoms with Crippen LogP contribution in [-0.4, -0.2) is 276 Å². The first-order valence-electron chi connectivity index (χ1n) is 26.4.